The minimum Gasteiger partial charge on any atom is -0.492 e. The monoisotopic (exact) mass is 554 g/mol. The normalized spacial score (nSPS) is 15.2. The molecular formula is C26H26N4O4S3. The molecule has 1 aliphatic rings. The average molecular weight is 555 g/mol. The molecule has 0 bridgehead atoms. The predicted molar refractivity (Wildman–Crippen MR) is 149 cm³/mol. The minimum absolute atomic E-state index is 0.0616. The van der Waals surface area contributed by atoms with E-state index in [0.29, 0.717) is 44.0 Å². The molecule has 0 aliphatic carbocycles. The molecule has 0 spiro atoms. The van der Waals surface area contributed by atoms with Crippen molar-refractivity contribution < 1.29 is 14.3 Å². The minimum atomic E-state index is -0.234. The third-order valence-electron chi connectivity index (χ3n) is 5.88. The van der Waals surface area contributed by atoms with E-state index in [2.05, 4.69) is 5.32 Å². The molecule has 1 amide bonds. The number of hydrogen-bond acceptors (Lipinski definition) is 8. The molecule has 0 unspecified atom stereocenters. The predicted octanol–water partition coefficient (Wildman–Crippen LogP) is 4.75. The topological polar surface area (TPSA) is 87.4 Å². The van der Waals surface area contributed by atoms with Gasteiger partial charge in [0.2, 0.25) is 5.91 Å². The van der Waals surface area contributed by atoms with Crippen LogP contribution in [0.1, 0.15) is 19.8 Å². The molecule has 192 valence electrons. The van der Waals surface area contributed by atoms with Crippen molar-refractivity contribution in [2.75, 3.05) is 25.5 Å². The van der Waals surface area contributed by atoms with Gasteiger partial charge in [0.25, 0.3) is 5.56 Å². The number of para-hydroxylation sites is 3. The van der Waals surface area contributed by atoms with Crippen LogP contribution >= 0.6 is 35.3 Å². The summed E-state index contributed by atoms with van der Waals surface area (Å²) in [5, 5.41) is 3.34. The zero-order valence-corrected chi connectivity index (χ0v) is 22.7. The molecule has 8 nitrogen and oxygen atoms in total. The third-order valence-corrected chi connectivity index (χ3v) is 8.17. The number of aromatic nitrogens is 3. The van der Waals surface area contributed by atoms with E-state index in [-0.39, 0.29) is 23.3 Å². The number of nitrogens with zero attached hydrogens (tertiary/aromatic N) is 3. The van der Waals surface area contributed by atoms with Gasteiger partial charge in [-0.05, 0) is 56.2 Å². The Morgan fingerprint density at radius 3 is 2.76 bits per heavy atom. The molecular weight excluding hydrogens is 529 g/mol. The van der Waals surface area contributed by atoms with Crippen molar-refractivity contribution in [2.24, 2.45) is 0 Å². The molecule has 37 heavy (non-hydrogen) atoms. The summed E-state index contributed by atoms with van der Waals surface area (Å²) in [4.78, 5) is 31.3. The van der Waals surface area contributed by atoms with Gasteiger partial charge in [-0.15, -0.1) is 0 Å². The zero-order chi connectivity index (χ0) is 25.8. The van der Waals surface area contributed by atoms with Gasteiger partial charge in [0.05, 0.1) is 29.8 Å². The average Bonchev–Trinajstić information content (AvgIpc) is 3.55. The molecule has 0 radical (unpaired) electrons. The summed E-state index contributed by atoms with van der Waals surface area (Å²) < 4.78 is 15.7. The smallest absolute Gasteiger partial charge is 0.278 e. The molecule has 1 atom stereocenters. The van der Waals surface area contributed by atoms with Crippen molar-refractivity contribution in [3.05, 3.63) is 68.9 Å². The van der Waals surface area contributed by atoms with Crippen LogP contribution in [0.25, 0.3) is 21.7 Å². The van der Waals surface area contributed by atoms with E-state index < -0.39 is 0 Å². The van der Waals surface area contributed by atoms with Gasteiger partial charge in [-0.2, -0.15) is 0 Å². The van der Waals surface area contributed by atoms with Crippen LogP contribution in [0.5, 0.6) is 5.75 Å². The third kappa shape index (κ3) is 5.49. The molecule has 1 fully saturated rings. The second kappa shape index (κ2) is 11.6. The van der Waals surface area contributed by atoms with Crippen molar-refractivity contribution >= 4 is 51.6 Å². The second-order valence-corrected chi connectivity index (χ2v) is 10.9. The lowest BCUT2D eigenvalue weighted by Gasteiger charge is -2.14. The second-order valence-electron chi connectivity index (χ2n) is 8.36. The van der Waals surface area contributed by atoms with Crippen LogP contribution in [0.2, 0.25) is 0 Å². The SMILES string of the molecule is CCOc1ccccc1-n1c(=S)sc2c(=O)n(-c3ccccc3)c(SCC(=O)NC[C@@H]3CCCO3)nc21. The van der Waals surface area contributed by atoms with E-state index in [9.17, 15) is 9.59 Å². The Kier molecular flexibility index (Phi) is 8.04. The van der Waals surface area contributed by atoms with Crippen LogP contribution in [-0.4, -0.2) is 51.6 Å². The van der Waals surface area contributed by atoms with Gasteiger partial charge >= 0.3 is 0 Å². The number of ether oxygens (including phenoxy) is 2. The first kappa shape index (κ1) is 25.7. The quantitative estimate of drug-likeness (QED) is 0.181. The van der Waals surface area contributed by atoms with Crippen LogP contribution in [-0.2, 0) is 9.53 Å². The van der Waals surface area contributed by atoms with E-state index in [0.717, 1.165) is 25.1 Å². The number of thiazole rings is 1. The van der Waals surface area contributed by atoms with Crippen molar-refractivity contribution in [3.8, 4) is 17.1 Å². The van der Waals surface area contributed by atoms with Crippen LogP contribution in [0.3, 0.4) is 0 Å². The zero-order valence-electron chi connectivity index (χ0n) is 20.2. The number of carbonyl (C=O) groups is 1. The van der Waals surface area contributed by atoms with Crippen molar-refractivity contribution in [1.82, 2.24) is 19.4 Å². The van der Waals surface area contributed by atoms with Gasteiger partial charge in [-0.1, -0.05) is 53.4 Å². The Hall–Kier alpha value is -2.99. The maximum absolute atomic E-state index is 13.8. The Morgan fingerprint density at radius 2 is 2.00 bits per heavy atom. The molecule has 0 saturated carbocycles. The number of hydrogen-bond donors (Lipinski definition) is 1. The molecule has 3 heterocycles. The van der Waals surface area contributed by atoms with Gasteiger partial charge in [-0.25, -0.2) is 4.98 Å². The summed E-state index contributed by atoms with van der Waals surface area (Å²) in [6.45, 7) is 3.62. The number of nitrogens with one attached hydrogen (secondary N) is 1. The maximum atomic E-state index is 13.8. The van der Waals surface area contributed by atoms with Gasteiger partial charge < -0.3 is 14.8 Å². The van der Waals surface area contributed by atoms with Crippen LogP contribution in [0, 0.1) is 3.95 Å². The molecule has 2 aromatic carbocycles. The number of rotatable bonds is 9. The van der Waals surface area contributed by atoms with Crippen molar-refractivity contribution in [3.63, 3.8) is 0 Å². The Labute approximate surface area is 227 Å². The summed E-state index contributed by atoms with van der Waals surface area (Å²) in [6.07, 6.45) is 2.02. The first-order valence-corrected chi connectivity index (χ1v) is 14.2. The highest BCUT2D eigenvalue weighted by atomic mass is 32.2. The van der Waals surface area contributed by atoms with E-state index in [1.165, 1.54) is 23.1 Å². The lowest BCUT2D eigenvalue weighted by molar-refractivity contribution is -0.119. The molecule has 2 aromatic heterocycles. The Morgan fingerprint density at radius 1 is 1.22 bits per heavy atom. The van der Waals surface area contributed by atoms with Gasteiger partial charge in [0.15, 0.2) is 14.8 Å². The van der Waals surface area contributed by atoms with Crippen LogP contribution in [0.4, 0.5) is 0 Å². The molecule has 11 heteroatoms. The highest BCUT2D eigenvalue weighted by molar-refractivity contribution is 7.99. The molecule has 1 aliphatic heterocycles. The standard InChI is InChI=1S/C26H26N4O4S3/c1-2-33-20-13-7-6-12-19(20)30-23-22(37-26(30)35)24(32)29(17-9-4-3-5-10-17)25(28-23)36-16-21(31)27-15-18-11-8-14-34-18/h3-7,9-10,12-13,18H,2,8,11,14-16H2,1H3,(H,27,31)/t18-/m0/s1. The first-order chi connectivity index (χ1) is 18.1. The van der Waals surface area contributed by atoms with Gasteiger partial charge in [0.1, 0.15) is 10.4 Å². The van der Waals surface area contributed by atoms with Crippen molar-refractivity contribution in [2.45, 2.75) is 31.0 Å². The number of benzene rings is 2. The summed E-state index contributed by atoms with van der Waals surface area (Å²) >= 11 is 8.12. The van der Waals surface area contributed by atoms with Crippen LogP contribution in [0.15, 0.2) is 64.5 Å². The Balaban J connectivity index is 1.56. The number of carbonyl (C=O) groups excluding carboxylic acids is 1. The maximum Gasteiger partial charge on any atom is 0.278 e. The highest BCUT2D eigenvalue weighted by Crippen LogP contribution is 2.31. The summed E-state index contributed by atoms with van der Waals surface area (Å²) in [7, 11) is 0. The van der Waals surface area contributed by atoms with E-state index >= 15 is 0 Å². The van der Waals surface area contributed by atoms with E-state index in [1.807, 2.05) is 61.5 Å². The highest BCUT2D eigenvalue weighted by Gasteiger charge is 2.22. The fourth-order valence-electron chi connectivity index (χ4n) is 4.18. The molecule has 5 rings (SSSR count). The van der Waals surface area contributed by atoms with E-state index in [4.69, 9.17) is 26.7 Å². The van der Waals surface area contributed by atoms with Gasteiger partial charge in [0, 0.05) is 13.2 Å². The molecule has 1 saturated heterocycles. The van der Waals surface area contributed by atoms with Crippen molar-refractivity contribution in [1.29, 1.82) is 0 Å². The number of fused-ring (bicyclic) bond motifs is 1. The van der Waals surface area contributed by atoms with Gasteiger partial charge in [-0.3, -0.25) is 18.7 Å². The van der Waals surface area contributed by atoms with E-state index in [1.54, 1.807) is 9.13 Å². The summed E-state index contributed by atoms with van der Waals surface area (Å²) in [5.74, 6) is 0.619. The number of amides is 1. The molecule has 1 N–H and O–H groups in total. The first-order valence-electron chi connectivity index (χ1n) is 12.0. The lowest BCUT2D eigenvalue weighted by Crippen LogP contribution is -2.33. The number of thioether (sulfide) groups is 1. The fourth-order valence-corrected chi connectivity index (χ4v) is 6.31. The fraction of sp³-hybridized carbons (Fsp3) is 0.308. The van der Waals surface area contributed by atoms with Crippen LogP contribution < -0.4 is 15.6 Å². The summed E-state index contributed by atoms with van der Waals surface area (Å²) in [6, 6.07) is 16.8. The summed E-state index contributed by atoms with van der Waals surface area (Å²) in [5.41, 5.74) is 1.60. The Bertz CT molecular complexity index is 1520. The lowest BCUT2D eigenvalue weighted by atomic mass is 10.2. The molecule has 4 aromatic rings. The largest absolute Gasteiger partial charge is 0.492 e.